The van der Waals surface area contributed by atoms with Crippen molar-refractivity contribution in [1.29, 1.82) is 0 Å². The van der Waals surface area contributed by atoms with Crippen molar-refractivity contribution in [3.05, 3.63) is 34.9 Å². The molecular weight excluding hydrogens is 266 g/mol. The first-order chi connectivity index (χ1) is 7.06. The molecule has 4 heteroatoms. The molecule has 0 heterocycles. The minimum Gasteiger partial charge on any atom is -0.300 e. The fraction of sp³-hybridized carbons (Fsp3) is 0.364. The maximum absolute atomic E-state index is 12.8. The van der Waals surface area contributed by atoms with E-state index in [-0.39, 0.29) is 17.8 Å². The Kier molecular flexibility index (Phi) is 4.39. The molecule has 0 aliphatic rings. The van der Waals surface area contributed by atoms with E-state index in [9.17, 15) is 13.6 Å². The molecule has 0 N–H and O–H groups in total. The van der Waals surface area contributed by atoms with Gasteiger partial charge in [-0.1, -0.05) is 34.1 Å². The number of carbonyl (C=O) groups excluding carboxylic acids is 1. The van der Waals surface area contributed by atoms with Gasteiger partial charge >= 0.3 is 0 Å². The van der Waals surface area contributed by atoms with Gasteiger partial charge in [-0.3, -0.25) is 4.79 Å². The molecule has 0 bridgehead atoms. The fourth-order valence-electron chi connectivity index (χ4n) is 1.49. The highest BCUT2D eigenvalue weighted by atomic mass is 79.9. The van der Waals surface area contributed by atoms with Gasteiger partial charge in [0.15, 0.2) is 0 Å². The van der Waals surface area contributed by atoms with Gasteiger partial charge in [-0.25, -0.2) is 8.78 Å². The van der Waals surface area contributed by atoms with Crippen molar-refractivity contribution in [2.24, 2.45) is 0 Å². The molecule has 0 fully saturated rings. The van der Waals surface area contributed by atoms with Gasteiger partial charge in [0.2, 0.25) is 0 Å². The Morgan fingerprint density at radius 2 is 2.00 bits per heavy atom. The molecule has 0 aliphatic carbocycles. The number of rotatable bonds is 4. The SMILES string of the molecule is CC(=O)Cc1cccc(CBr)c1C(F)F. The third kappa shape index (κ3) is 3.09. The van der Waals surface area contributed by atoms with E-state index < -0.39 is 6.43 Å². The molecule has 82 valence electrons. The topological polar surface area (TPSA) is 17.1 Å². The molecular formula is C11H11BrF2O. The highest BCUT2D eigenvalue weighted by molar-refractivity contribution is 9.08. The Hall–Kier alpha value is -0.770. The minimum absolute atomic E-state index is 0.00965. The van der Waals surface area contributed by atoms with Crippen LogP contribution in [0.2, 0.25) is 0 Å². The molecule has 0 saturated heterocycles. The monoisotopic (exact) mass is 276 g/mol. The summed E-state index contributed by atoms with van der Waals surface area (Å²) in [6.07, 6.45) is -2.46. The van der Waals surface area contributed by atoms with Crippen molar-refractivity contribution in [1.82, 2.24) is 0 Å². The summed E-state index contributed by atoms with van der Waals surface area (Å²) in [5, 5.41) is 0.373. The van der Waals surface area contributed by atoms with E-state index in [0.29, 0.717) is 16.5 Å². The smallest absolute Gasteiger partial charge is 0.264 e. The lowest BCUT2D eigenvalue weighted by Gasteiger charge is -2.11. The molecule has 0 spiro atoms. The van der Waals surface area contributed by atoms with Crippen molar-refractivity contribution in [3.63, 3.8) is 0 Å². The Bertz CT molecular complexity index is 364. The summed E-state index contributed by atoms with van der Waals surface area (Å²) in [4.78, 5) is 10.9. The average molecular weight is 277 g/mol. The lowest BCUT2D eigenvalue weighted by atomic mass is 9.98. The lowest BCUT2D eigenvalue weighted by Crippen LogP contribution is -2.04. The van der Waals surface area contributed by atoms with Gasteiger partial charge in [0.1, 0.15) is 5.78 Å². The van der Waals surface area contributed by atoms with Gasteiger partial charge in [-0.15, -0.1) is 0 Å². The Morgan fingerprint density at radius 1 is 1.40 bits per heavy atom. The summed E-state index contributed by atoms with van der Waals surface area (Å²) >= 11 is 3.16. The quantitative estimate of drug-likeness (QED) is 0.768. The number of ketones is 1. The van der Waals surface area contributed by atoms with Crippen LogP contribution in [0.15, 0.2) is 18.2 Å². The highest BCUT2D eigenvalue weighted by Crippen LogP contribution is 2.28. The second-order valence-electron chi connectivity index (χ2n) is 3.30. The summed E-state index contributed by atoms with van der Waals surface area (Å²) in [6.45, 7) is 1.40. The molecule has 1 nitrogen and oxygen atoms in total. The van der Waals surface area contributed by atoms with Crippen LogP contribution >= 0.6 is 15.9 Å². The van der Waals surface area contributed by atoms with E-state index >= 15 is 0 Å². The normalized spacial score (nSPS) is 10.7. The maximum Gasteiger partial charge on any atom is 0.264 e. The summed E-state index contributed by atoms with van der Waals surface area (Å²) in [7, 11) is 0. The van der Waals surface area contributed by atoms with Crippen LogP contribution in [0.25, 0.3) is 0 Å². The van der Waals surface area contributed by atoms with E-state index in [2.05, 4.69) is 15.9 Å². The van der Waals surface area contributed by atoms with Crippen LogP contribution in [0.3, 0.4) is 0 Å². The number of Topliss-reactive ketones (excluding diaryl/α,β-unsaturated/α-hetero) is 1. The van der Waals surface area contributed by atoms with Crippen molar-refractivity contribution >= 4 is 21.7 Å². The van der Waals surface area contributed by atoms with Crippen molar-refractivity contribution in [3.8, 4) is 0 Å². The van der Waals surface area contributed by atoms with E-state index in [4.69, 9.17) is 0 Å². The molecule has 0 aliphatic heterocycles. The predicted octanol–water partition coefficient (Wildman–Crippen LogP) is 3.65. The molecule has 0 unspecified atom stereocenters. The van der Waals surface area contributed by atoms with E-state index in [1.807, 2.05) is 0 Å². The third-order valence-corrected chi connectivity index (χ3v) is 2.69. The predicted molar refractivity (Wildman–Crippen MR) is 58.4 cm³/mol. The molecule has 0 atom stereocenters. The van der Waals surface area contributed by atoms with E-state index in [0.717, 1.165) is 0 Å². The number of hydrogen-bond acceptors (Lipinski definition) is 1. The van der Waals surface area contributed by atoms with Gasteiger partial charge in [0.25, 0.3) is 6.43 Å². The molecule has 15 heavy (non-hydrogen) atoms. The molecule has 0 saturated carbocycles. The first-order valence-electron chi connectivity index (χ1n) is 4.50. The molecule has 1 rings (SSSR count). The molecule has 0 radical (unpaired) electrons. The zero-order valence-corrected chi connectivity index (χ0v) is 9.85. The van der Waals surface area contributed by atoms with Crippen LogP contribution < -0.4 is 0 Å². The number of carbonyl (C=O) groups is 1. The van der Waals surface area contributed by atoms with Crippen LogP contribution in [0.5, 0.6) is 0 Å². The molecule has 1 aromatic carbocycles. The minimum atomic E-state index is -2.53. The molecule has 1 aromatic rings. The van der Waals surface area contributed by atoms with Gasteiger partial charge in [-0.05, 0) is 18.1 Å². The van der Waals surface area contributed by atoms with Crippen molar-refractivity contribution in [2.45, 2.75) is 25.1 Å². The van der Waals surface area contributed by atoms with E-state index in [1.165, 1.54) is 6.92 Å². The zero-order valence-electron chi connectivity index (χ0n) is 8.27. The first-order valence-corrected chi connectivity index (χ1v) is 5.62. The van der Waals surface area contributed by atoms with Gasteiger partial charge in [0, 0.05) is 17.3 Å². The second kappa shape index (κ2) is 5.35. The van der Waals surface area contributed by atoms with Gasteiger partial charge < -0.3 is 0 Å². The second-order valence-corrected chi connectivity index (χ2v) is 3.86. The van der Waals surface area contributed by atoms with Crippen LogP contribution in [0.4, 0.5) is 8.78 Å². The third-order valence-electron chi connectivity index (χ3n) is 2.09. The van der Waals surface area contributed by atoms with Gasteiger partial charge in [-0.2, -0.15) is 0 Å². The zero-order chi connectivity index (χ0) is 11.4. The van der Waals surface area contributed by atoms with Crippen LogP contribution in [-0.4, -0.2) is 5.78 Å². The highest BCUT2D eigenvalue weighted by Gasteiger charge is 2.17. The Morgan fingerprint density at radius 3 is 2.47 bits per heavy atom. The summed E-state index contributed by atoms with van der Waals surface area (Å²) in [6, 6.07) is 4.91. The summed E-state index contributed by atoms with van der Waals surface area (Å²) in [5.41, 5.74) is 0.961. The van der Waals surface area contributed by atoms with Crippen LogP contribution in [0, 0.1) is 0 Å². The number of hydrogen-bond donors (Lipinski definition) is 0. The van der Waals surface area contributed by atoms with Crippen molar-refractivity contribution in [2.75, 3.05) is 0 Å². The fourth-order valence-corrected chi connectivity index (χ4v) is 1.97. The van der Waals surface area contributed by atoms with Crippen LogP contribution in [0.1, 0.15) is 30.0 Å². The number of alkyl halides is 3. The standard InChI is InChI=1S/C11H11BrF2O/c1-7(15)5-8-3-2-4-9(6-12)10(8)11(13)14/h2-4,11H,5-6H2,1H3. The average Bonchev–Trinajstić information content (AvgIpc) is 2.15. The largest absolute Gasteiger partial charge is 0.300 e. The first kappa shape index (κ1) is 12.3. The summed E-state index contributed by atoms with van der Waals surface area (Å²) < 4.78 is 25.6. The van der Waals surface area contributed by atoms with Gasteiger partial charge in [0.05, 0.1) is 0 Å². The number of halogens is 3. The molecule has 0 aromatic heterocycles. The lowest BCUT2D eigenvalue weighted by molar-refractivity contribution is -0.116. The van der Waals surface area contributed by atoms with Crippen molar-refractivity contribution < 1.29 is 13.6 Å². The van der Waals surface area contributed by atoms with E-state index in [1.54, 1.807) is 18.2 Å². The van der Waals surface area contributed by atoms with Crippen LogP contribution in [-0.2, 0) is 16.5 Å². The molecule has 0 amide bonds. The maximum atomic E-state index is 12.8. The Balaban J connectivity index is 3.19. The Labute approximate surface area is 95.6 Å². The summed E-state index contributed by atoms with van der Waals surface area (Å²) in [5.74, 6) is -0.108. The number of benzene rings is 1.